The molecule has 1 aliphatic rings. The van der Waals surface area contributed by atoms with Crippen molar-refractivity contribution in [1.29, 1.82) is 0 Å². The van der Waals surface area contributed by atoms with Crippen molar-refractivity contribution in [1.82, 2.24) is 15.5 Å². The molecule has 8 heteroatoms. The number of benzene rings is 1. The largest absolute Gasteiger partial charge is 0.489 e. The minimum atomic E-state index is -0.327. The molecule has 162 valence electrons. The predicted octanol–water partition coefficient (Wildman–Crippen LogP) is 3.18. The summed E-state index contributed by atoms with van der Waals surface area (Å²) in [6.45, 7) is 7.00. The summed E-state index contributed by atoms with van der Waals surface area (Å²) >= 11 is 1.77. The van der Waals surface area contributed by atoms with E-state index in [1.54, 1.807) is 23.5 Å². The molecule has 2 N–H and O–H groups in total. The first-order chi connectivity index (χ1) is 14.5. The first-order valence-electron chi connectivity index (χ1n) is 10.3. The van der Waals surface area contributed by atoms with E-state index in [9.17, 15) is 9.18 Å². The van der Waals surface area contributed by atoms with Crippen LogP contribution in [0.15, 0.2) is 40.7 Å². The lowest BCUT2D eigenvalue weighted by Gasteiger charge is -2.27. The number of carbonyl (C=O) groups excluding carboxylic acids is 1. The van der Waals surface area contributed by atoms with Crippen LogP contribution in [0, 0.1) is 5.82 Å². The number of nitrogens with one attached hydrogen (secondary N) is 2. The summed E-state index contributed by atoms with van der Waals surface area (Å²) < 4.78 is 19.0. The third kappa shape index (κ3) is 6.45. The highest BCUT2D eigenvalue weighted by molar-refractivity contribution is 7.10. The lowest BCUT2D eigenvalue weighted by Crippen LogP contribution is -2.41. The predicted molar refractivity (Wildman–Crippen MR) is 119 cm³/mol. The molecule has 1 amide bonds. The van der Waals surface area contributed by atoms with Gasteiger partial charge in [0.1, 0.15) is 17.7 Å². The summed E-state index contributed by atoms with van der Waals surface area (Å²) in [5.74, 6) is 0.945. The normalized spacial score (nSPS) is 14.8. The van der Waals surface area contributed by atoms with Gasteiger partial charge in [0.25, 0.3) is 0 Å². The molecule has 3 rings (SSSR count). The number of hydrogen-bond acceptors (Lipinski definition) is 4. The van der Waals surface area contributed by atoms with Crippen molar-refractivity contribution in [2.24, 2.45) is 4.99 Å². The van der Waals surface area contributed by atoms with Gasteiger partial charge in [-0.05, 0) is 49.4 Å². The average Bonchev–Trinajstić information content (AvgIpc) is 3.20. The number of rotatable bonds is 8. The fraction of sp³-hybridized carbons (Fsp3) is 0.455. The third-order valence-corrected chi connectivity index (χ3v) is 5.80. The first kappa shape index (κ1) is 22.1. The van der Waals surface area contributed by atoms with Gasteiger partial charge < -0.3 is 20.3 Å². The summed E-state index contributed by atoms with van der Waals surface area (Å²) in [6.07, 6.45) is 1.15. The van der Waals surface area contributed by atoms with Gasteiger partial charge in [0.05, 0.1) is 6.54 Å². The number of thiophene rings is 1. The van der Waals surface area contributed by atoms with Crippen molar-refractivity contribution in [2.75, 3.05) is 26.2 Å². The van der Waals surface area contributed by atoms with Crippen molar-refractivity contribution in [2.45, 2.75) is 39.3 Å². The zero-order valence-electron chi connectivity index (χ0n) is 17.5. The van der Waals surface area contributed by atoms with Crippen LogP contribution in [-0.4, -0.2) is 49.0 Å². The fourth-order valence-electron chi connectivity index (χ4n) is 3.28. The molecule has 0 spiro atoms. The minimum absolute atomic E-state index is 0.151. The van der Waals surface area contributed by atoms with Crippen LogP contribution in [-0.2, 0) is 17.8 Å². The molecule has 30 heavy (non-hydrogen) atoms. The van der Waals surface area contributed by atoms with E-state index in [0.29, 0.717) is 44.3 Å². The number of amides is 1. The first-order valence-corrected chi connectivity index (χ1v) is 11.2. The van der Waals surface area contributed by atoms with Crippen LogP contribution in [0.3, 0.4) is 0 Å². The monoisotopic (exact) mass is 432 g/mol. The van der Waals surface area contributed by atoms with E-state index in [0.717, 1.165) is 13.0 Å². The van der Waals surface area contributed by atoms with Crippen molar-refractivity contribution in [3.8, 4) is 5.75 Å². The van der Waals surface area contributed by atoms with E-state index in [2.05, 4.69) is 27.1 Å². The highest BCUT2D eigenvalue weighted by Crippen LogP contribution is 2.24. The molecule has 0 fully saturated rings. The van der Waals surface area contributed by atoms with E-state index in [1.165, 1.54) is 22.6 Å². The Morgan fingerprint density at radius 1 is 1.37 bits per heavy atom. The standard InChI is InChI=1S/C22H29FN4O2S/c1-3-24-22(26-14-16(2)29-19-6-4-5-18(23)13-19)25-10-7-21(28)27-11-8-20-17(15-27)9-12-30-20/h4-6,9,12-13,16H,3,7-8,10-11,14-15H2,1-2H3,(H2,24,25,26). The van der Waals surface area contributed by atoms with Gasteiger partial charge in [-0.25, -0.2) is 9.38 Å². The van der Waals surface area contributed by atoms with Crippen molar-refractivity contribution in [3.05, 3.63) is 52.0 Å². The van der Waals surface area contributed by atoms with Crippen molar-refractivity contribution >= 4 is 23.2 Å². The van der Waals surface area contributed by atoms with Gasteiger partial charge in [-0.2, -0.15) is 0 Å². The smallest absolute Gasteiger partial charge is 0.224 e. The number of guanidine groups is 1. The Kier molecular flexibility index (Phi) is 8.07. The molecule has 1 unspecified atom stereocenters. The molecule has 0 bridgehead atoms. The van der Waals surface area contributed by atoms with E-state index in [1.807, 2.05) is 18.7 Å². The maximum atomic E-state index is 13.3. The molecule has 2 heterocycles. The highest BCUT2D eigenvalue weighted by atomic mass is 32.1. The molecule has 1 aliphatic heterocycles. The van der Waals surface area contributed by atoms with E-state index < -0.39 is 0 Å². The van der Waals surface area contributed by atoms with Crippen LogP contribution >= 0.6 is 11.3 Å². The van der Waals surface area contributed by atoms with Gasteiger partial charge in [0.15, 0.2) is 5.96 Å². The summed E-state index contributed by atoms with van der Waals surface area (Å²) in [5, 5.41) is 8.48. The molecule has 1 aromatic heterocycles. The maximum Gasteiger partial charge on any atom is 0.224 e. The Bertz CT molecular complexity index is 870. The number of hydrogen-bond donors (Lipinski definition) is 2. The Morgan fingerprint density at radius 3 is 3.03 bits per heavy atom. The second-order valence-corrected chi connectivity index (χ2v) is 8.22. The van der Waals surface area contributed by atoms with Crippen LogP contribution in [0.2, 0.25) is 0 Å². The lowest BCUT2D eigenvalue weighted by molar-refractivity contribution is -0.131. The minimum Gasteiger partial charge on any atom is -0.489 e. The number of fused-ring (bicyclic) bond motifs is 1. The molecule has 1 atom stereocenters. The number of halogens is 1. The van der Waals surface area contributed by atoms with Gasteiger partial charge in [-0.15, -0.1) is 11.3 Å². The Hall–Kier alpha value is -2.61. The second kappa shape index (κ2) is 11.0. The Morgan fingerprint density at radius 2 is 2.23 bits per heavy atom. The molecular formula is C22H29FN4O2S. The summed E-state index contributed by atoms with van der Waals surface area (Å²) in [7, 11) is 0. The maximum absolute atomic E-state index is 13.3. The number of nitrogens with zero attached hydrogens (tertiary/aromatic N) is 2. The van der Waals surface area contributed by atoms with Crippen LogP contribution in [0.4, 0.5) is 4.39 Å². The Balaban J connectivity index is 1.43. The van der Waals surface area contributed by atoms with Crippen LogP contribution in [0.1, 0.15) is 30.7 Å². The molecule has 6 nitrogen and oxygen atoms in total. The quantitative estimate of drug-likeness (QED) is 0.497. The molecule has 0 saturated carbocycles. The fourth-order valence-corrected chi connectivity index (χ4v) is 4.17. The molecule has 0 radical (unpaired) electrons. The van der Waals surface area contributed by atoms with Gasteiger partial charge in [0.2, 0.25) is 5.91 Å². The molecule has 0 saturated heterocycles. The van der Waals surface area contributed by atoms with Gasteiger partial charge in [-0.3, -0.25) is 4.79 Å². The van der Waals surface area contributed by atoms with Crippen molar-refractivity contribution < 1.29 is 13.9 Å². The van der Waals surface area contributed by atoms with E-state index >= 15 is 0 Å². The van der Waals surface area contributed by atoms with E-state index in [-0.39, 0.29) is 17.8 Å². The summed E-state index contributed by atoms with van der Waals surface area (Å²) in [6, 6.07) is 8.19. The topological polar surface area (TPSA) is 66.0 Å². The summed E-state index contributed by atoms with van der Waals surface area (Å²) in [5.41, 5.74) is 1.27. The van der Waals surface area contributed by atoms with Crippen molar-refractivity contribution in [3.63, 3.8) is 0 Å². The Labute approximate surface area is 181 Å². The molecule has 0 aliphatic carbocycles. The number of aliphatic imine (C=N–C) groups is 1. The zero-order chi connectivity index (χ0) is 21.3. The molecule has 1 aromatic carbocycles. The van der Waals surface area contributed by atoms with Gasteiger partial charge in [-0.1, -0.05) is 6.07 Å². The highest BCUT2D eigenvalue weighted by Gasteiger charge is 2.21. The number of ether oxygens (including phenoxy) is 1. The van der Waals surface area contributed by atoms with Crippen LogP contribution < -0.4 is 15.4 Å². The SMILES string of the molecule is CCNC(=NCC(C)Oc1cccc(F)c1)NCCC(=O)N1CCc2sccc2C1. The van der Waals surface area contributed by atoms with E-state index in [4.69, 9.17) is 4.74 Å². The molecular weight excluding hydrogens is 403 g/mol. The van der Waals surface area contributed by atoms with Crippen LogP contribution in [0.25, 0.3) is 0 Å². The molecule has 2 aromatic rings. The number of carbonyl (C=O) groups is 1. The lowest BCUT2D eigenvalue weighted by atomic mass is 10.1. The average molecular weight is 433 g/mol. The van der Waals surface area contributed by atoms with Crippen LogP contribution in [0.5, 0.6) is 5.75 Å². The zero-order valence-corrected chi connectivity index (χ0v) is 18.3. The third-order valence-electron chi connectivity index (χ3n) is 4.78. The summed E-state index contributed by atoms with van der Waals surface area (Å²) in [4.78, 5) is 20.4. The van der Waals surface area contributed by atoms with Gasteiger partial charge in [0, 0.05) is 43.5 Å². The second-order valence-electron chi connectivity index (χ2n) is 7.22. The van der Waals surface area contributed by atoms with Gasteiger partial charge >= 0.3 is 0 Å².